The average molecular weight is 323 g/mol. The van der Waals surface area contributed by atoms with Crippen LogP contribution in [0.3, 0.4) is 0 Å². The van der Waals surface area contributed by atoms with Gasteiger partial charge in [0, 0.05) is 12.5 Å². The van der Waals surface area contributed by atoms with Crippen LogP contribution in [0.5, 0.6) is 0 Å². The molecule has 1 aromatic rings. The van der Waals surface area contributed by atoms with Gasteiger partial charge in [-0.05, 0) is 29.9 Å². The van der Waals surface area contributed by atoms with Crippen molar-refractivity contribution >= 4 is 15.8 Å². The van der Waals surface area contributed by atoms with Gasteiger partial charge in [0.15, 0.2) is 14.9 Å². The van der Waals surface area contributed by atoms with Crippen LogP contribution >= 0.6 is 0 Å². The molecule has 0 aliphatic heterocycles. The highest BCUT2D eigenvalue weighted by Gasteiger charge is 2.63. The third-order valence-electron chi connectivity index (χ3n) is 5.25. The Balaban J connectivity index is 1.88. The summed E-state index contributed by atoms with van der Waals surface area (Å²) in [6, 6.07) is 3.05. The fourth-order valence-corrected chi connectivity index (χ4v) is 4.52. The topological polar surface area (TPSA) is 84.3 Å². The lowest BCUT2D eigenvalue weighted by molar-refractivity contribution is -0.140. The number of sulfone groups is 1. The maximum atomic E-state index is 11.9. The molecule has 6 heteroatoms. The summed E-state index contributed by atoms with van der Waals surface area (Å²) in [4.78, 5) is 15.8. The molecule has 2 unspecified atom stereocenters. The van der Waals surface area contributed by atoms with E-state index in [1.165, 1.54) is 31.5 Å². The van der Waals surface area contributed by atoms with E-state index in [9.17, 15) is 18.3 Å². The van der Waals surface area contributed by atoms with E-state index in [1.807, 2.05) is 0 Å². The molecular weight excluding hydrogens is 302 g/mol. The van der Waals surface area contributed by atoms with Crippen LogP contribution in [0.15, 0.2) is 23.4 Å². The van der Waals surface area contributed by atoms with Crippen molar-refractivity contribution in [2.24, 2.45) is 11.8 Å². The first-order chi connectivity index (χ1) is 10.4. The first-order valence-corrected chi connectivity index (χ1v) is 9.65. The van der Waals surface area contributed by atoms with Gasteiger partial charge in [0.2, 0.25) is 0 Å². The van der Waals surface area contributed by atoms with Crippen molar-refractivity contribution < 1.29 is 18.3 Å². The third-order valence-corrected chi connectivity index (χ3v) is 6.25. The number of hydrogen-bond donors (Lipinski definition) is 1. The zero-order valence-corrected chi connectivity index (χ0v) is 13.5. The van der Waals surface area contributed by atoms with E-state index in [-0.39, 0.29) is 10.9 Å². The molecular formula is C16H21NO4S. The molecule has 5 nitrogen and oxygen atoms in total. The van der Waals surface area contributed by atoms with E-state index < -0.39 is 21.2 Å². The van der Waals surface area contributed by atoms with Gasteiger partial charge in [-0.15, -0.1) is 0 Å². The molecule has 2 aliphatic carbocycles. The second-order valence-electron chi connectivity index (χ2n) is 6.64. The number of aliphatic carboxylic acids is 1. The quantitative estimate of drug-likeness (QED) is 0.920. The van der Waals surface area contributed by atoms with Crippen LogP contribution in [0, 0.1) is 11.8 Å². The minimum absolute atomic E-state index is 0.00773. The van der Waals surface area contributed by atoms with E-state index in [0.29, 0.717) is 17.9 Å². The summed E-state index contributed by atoms with van der Waals surface area (Å²) in [7, 11) is -3.36. The van der Waals surface area contributed by atoms with Gasteiger partial charge in [0.25, 0.3) is 0 Å². The van der Waals surface area contributed by atoms with Crippen molar-refractivity contribution in [1.82, 2.24) is 4.98 Å². The highest BCUT2D eigenvalue weighted by Crippen LogP contribution is 2.60. The van der Waals surface area contributed by atoms with Gasteiger partial charge in [0.1, 0.15) is 0 Å². The van der Waals surface area contributed by atoms with Crippen molar-refractivity contribution in [3.05, 3.63) is 23.9 Å². The van der Waals surface area contributed by atoms with Gasteiger partial charge < -0.3 is 5.11 Å². The van der Waals surface area contributed by atoms with Crippen LogP contribution in [0.4, 0.5) is 0 Å². The number of pyridine rings is 1. The Morgan fingerprint density at radius 2 is 1.95 bits per heavy atom. The molecule has 3 rings (SSSR count). The third kappa shape index (κ3) is 2.53. The van der Waals surface area contributed by atoms with E-state index in [4.69, 9.17) is 0 Å². The summed E-state index contributed by atoms with van der Waals surface area (Å²) in [6.07, 6.45) is 9.01. The first-order valence-electron chi connectivity index (χ1n) is 7.75. The van der Waals surface area contributed by atoms with Crippen molar-refractivity contribution in [3.8, 4) is 0 Å². The van der Waals surface area contributed by atoms with Crippen molar-refractivity contribution in [2.45, 2.75) is 49.0 Å². The molecule has 1 heterocycles. The van der Waals surface area contributed by atoms with E-state index in [1.54, 1.807) is 6.07 Å². The first kappa shape index (κ1) is 15.5. The lowest BCUT2D eigenvalue weighted by atomic mass is 9.81. The van der Waals surface area contributed by atoms with Crippen LogP contribution < -0.4 is 0 Å². The summed E-state index contributed by atoms with van der Waals surface area (Å²) >= 11 is 0. The van der Waals surface area contributed by atoms with Crippen LogP contribution in [-0.4, -0.2) is 30.7 Å². The van der Waals surface area contributed by atoms with E-state index >= 15 is 0 Å². The largest absolute Gasteiger partial charge is 0.481 e. The molecule has 0 bridgehead atoms. The fourth-order valence-electron chi connectivity index (χ4n) is 3.96. The Kier molecular flexibility index (Phi) is 3.75. The molecule has 2 saturated carbocycles. The Labute approximate surface area is 130 Å². The molecule has 0 saturated heterocycles. The SMILES string of the molecule is CS(=O)(=O)c1ccc(C2(C(=O)O)CC2C2CCCCC2)cn1. The number of carboxylic acids is 1. The van der Waals surface area contributed by atoms with Gasteiger partial charge in [0.05, 0.1) is 5.41 Å². The minimum atomic E-state index is -3.36. The van der Waals surface area contributed by atoms with Crippen LogP contribution in [0.25, 0.3) is 0 Å². The zero-order valence-electron chi connectivity index (χ0n) is 12.7. The van der Waals surface area contributed by atoms with Gasteiger partial charge in [-0.3, -0.25) is 4.79 Å². The zero-order chi connectivity index (χ0) is 16.0. The van der Waals surface area contributed by atoms with Gasteiger partial charge in [-0.1, -0.05) is 38.2 Å². The lowest BCUT2D eigenvalue weighted by Gasteiger charge is -2.24. The van der Waals surface area contributed by atoms with Crippen molar-refractivity contribution in [2.75, 3.05) is 6.26 Å². The van der Waals surface area contributed by atoms with E-state index in [2.05, 4.69) is 4.98 Å². The maximum Gasteiger partial charge on any atom is 0.314 e. The summed E-state index contributed by atoms with van der Waals surface area (Å²) in [5, 5.41) is 9.73. The molecule has 120 valence electrons. The number of nitrogens with zero attached hydrogens (tertiary/aromatic N) is 1. The van der Waals surface area contributed by atoms with Gasteiger partial charge >= 0.3 is 5.97 Å². The lowest BCUT2D eigenvalue weighted by Crippen LogP contribution is -2.26. The highest BCUT2D eigenvalue weighted by atomic mass is 32.2. The van der Waals surface area contributed by atoms with Crippen LogP contribution in [0.2, 0.25) is 0 Å². The Hall–Kier alpha value is -1.43. The number of carboxylic acid groups (broad SMARTS) is 1. The molecule has 22 heavy (non-hydrogen) atoms. The van der Waals surface area contributed by atoms with Crippen LogP contribution in [0.1, 0.15) is 44.1 Å². The normalized spacial score (nSPS) is 29.2. The summed E-state index contributed by atoms with van der Waals surface area (Å²) in [6.45, 7) is 0. The number of carbonyl (C=O) groups is 1. The summed E-state index contributed by atoms with van der Waals surface area (Å²) in [5.41, 5.74) is -0.214. The fraction of sp³-hybridized carbons (Fsp3) is 0.625. The second-order valence-corrected chi connectivity index (χ2v) is 8.61. The summed E-state index contributed by atoms with van der Waals surface area (Å²) in [5.74, 6) is -0.174. The van der Waals surface area contributed by atoms with Gasteiger partial charge in [-0.25, -0.2) is 13.4 Å². The van der Waals surface area contributed by atoms with Gasteiger partial charge in [-0.2, -0.15) is 0 Å². The predicted octanol–water partition coefficient (Wildman–Crippen LogP) is 2.41. The van der Waals surface area contributed by atoms with Crippen molar-refractivity contribution in [3.63, 3.8) is 0 Å². The molecule has 1 N–H and O–H groups in total. The van der Waals surface area contributed by atoms with Crippen molar-refractivity contribution in [1.29, 1.82) is 0 Å². The van der Waals surface area contributed by atoms with Crippen LogP contribution in [-0.2, 0) is 20.0 Å². The molecule has 0 aromatic carbocycles. The second kappa shape index (κ2) is 5.33. The summed E-state index contributed by atoms with van der Waals surface area (Å²) < 4.78 is 23.0. The molecule has 0 spiro atoms. The average Bonchev–Trinajstić information content (AvgIpc) is 3.24. The molecule has 2 atom stereocenters. The highest BCUT2D eigenvalue weighted by molar-refractivity contribution is 7.90. The number of rotatable bonds is 4. The Morgan fingerprint density at radius 3 is 2.45 bits per heavy atom. The standard InChI is InChI=1S/C16H21NO4S/c1-22(20,21)14-8-7-12(10-17-14)16(15(18)19)9-13(16)11-5-3-2-4-6-11/h7-8,10-11,13H,2-6,9H2,1H3,(H,18,19). The Morgan fingerprint density at radius 1 is 1.27 bits per heavy atom. The molecule has 1 aromatic heterocycles. The molecule has 2 aliphatic rings. The van der Waals surface area contributed by atoms with E-state index in [0.717, 1.165) is 19.1 Å². The molecule has 2 fully saturated rings. The smallest absolute Gasteiger partial charge is 0.314 e. The monoisotopic (exact) mass is 323 g/mol. The maximum absolute atomic E-state index is 11.9. The molecule has 0 amide bonds. The minimum Gasteiger partial charge on any atom is -0.481 e. The molecule has 0 radical (unpaired) electrons. The number of aromatic nitrogens is 1. The predicted molar refractivity (Wildman–Crippen MR) is 81.3 cm³/mol. The Bertz CT molecular complexity index is 677. The number of hydrogen-bond acceptors (Lipinski definition) is 4.